The highest BCUT2D eigenvalue weighted by Crippen LogP contribution is 2.27. The summed E-state index contributed by atoms with van der Waals surface area (Å²) in [5.74, 6) is 0.902. The number of oxime groups is 1. The number of nitrogens with one attached hydrogen (secondary N) is 1. The van der Waals surface area contributed by atoms with Crippen LogP contribution in [0.25, 0.3) is 0 Å². The molecule has 0 atom stereocenters. The molecule has 6 nitrogen and oxygen atoms in total. The Morgan fingerprint density at radius 2 is 2.04 bits per heavy atom. The van der Waals surface area contributed by atoms with Crippen LogP contribution in [0.3, 0.4) is 0 Å². The molecule has 7 heteroatoms. The Hall–Kier alpha value is -2.73. The van der Waals surface area contributed by atoms with Gasteiger partial charge in [0.1, 0.15) is 0 Å². The molecule has 0 unspecified atom stereocenters. The Balaban J connectivity index is 1.86. The number of benzene rings is 2. The molecule has 0 aliphatic rings. The van der Waals surface area contributed by atoms with Crippen LogP contribution < -0.4 is 14.8 Å². The molecule has 0 fully saturated rings. The van der Waals surface area contributed by atoms with E-state index in [0.717, 1.165) is 5.56 Å². The second kappa shape index (κ2) is 9.54. The third-order valence-corrected chi connectivity index (χ3v) is 3.44. The molecule has 0 spiro atoms. The molecular formula is C18H19ClN2O4. The quantitative estimate of drug-likeness (QED) is 0.573. The number of rotatable bonds is 8. The van der Waals surface area contributed by atoms with Crippen molar-refractivity contribution in [3.05, 3.63) is 53.1 Å². The summed E-state index contributed by atoms with van der Waals surface area (Å²) < 4.78 is 10.7. The Morgan fingerprint density at radius 1 is 1.24 bits per heavy atom. The summed E-state index contributed by atoms with van der Waals surface area (Å²) in [5.41, 5.74) is 1.28. The van der Waals surface area contributed by atoms with Crippen LogP contribution in [0.1, 0.15) is 12.5 Å². The van der Waals surface area contributed by atoms with Crippen LogP contribution in [-0.2, 0) is 9.63 Å². The maximum Gasteiger partial charge on any atom is 0.265 e. The summed E-state index contributed by atoms with van der Waals surface area (Å²) in [6, 6.07) is 12.3. The van der Waals surface area contributed by atoms with E-state index in [2.05, 4.69) is 10.5 Å². The number of nitrogens with zero attached hydrogens (tertiary/aromatic N) is 1. The lowest BCUT2D eigenvalue weighted by Crippen LogP contribution is -2.17. The van der Waals surface area contributed by atoms with Gasteiger partial charge in [-0.3, -0.25) is 4.79 Å². The van der Waals surface area contributed by atoms with Gasteiger partial charge >= 0.3 is 0 Å². The fraction of sp³-hybridized carbons (Fsp3) is 0.222. The van der Waals surface area contributed by atoms with E-state index >= 15 is 0 Å². The van der Waals surface area contributed by atoms with Gasteiger partial charge in [0.15, 0.2) is 18.1 Å². The van der Waals surface area contributed by atoms with Crippen molar-refractivity contribution in [2.45, 2.75) is 6.92 Å². The van der Waals surface area contributed by atoms with Crippen LogP contribution in [-0.4, -0.2) is 32.4 Å². The van der Waals surface area contributed by atoms with E-state index in [-0.39, 0.29) is 12.5 Å². The number of carbonyl (C=O) groups is 1. The van der Waals surface area contributed by atoms with Gasteiger partial charge in [-0.05, 0) is 37.3 Å². The van der Waals surface area contributed by atoms with E-state index in [4.69, 9.17) is 25.9 Å². The molecule has 2 rings (SSSR count). The predicted octanol–water partition coefficient (Wildman–Crippen LogP) is 3.74. The molecule has 132 valence electrons. The maximum absolute atomic E-state index is 11.8. The average Bonchev–Trinajstić information content (AvgIpc) is 2.62. The predicted molar refractivity (Wildman–Crippen MR) is 97.8 cm³/mol. The molecule has 0 saturated carbocycles. The van der Waals surface area contributed by atoms with Crippen LogP contribution in [0.2, 0.25) is 5.02 Å². The minimum absolute atomic E-state index is 0.226. The zero-order valence-electron chi connectivity index (χ0n) is 14.0. The van der Waals surface area contributed by atoms with Gasteiger partial charge in [-0.25, -0.2) is 0 Å². The second-order valence-electron chi connectivity index (χ2n) is 4.88. The first-order valence-electron chi connectivity index (χ1n) is 7.64. The van der Waals surface area contributed by atoms with Gasteiger partial charge in [0, 0.05) is 5.56 Å². The van der Waals surface area contributed by atoms with Crippen LogP contribution in [0.4, 0.5) is 5.69 Å². The van der Waals surface area contributed by atoms with E-state index in [1.165, 1.54) is 6.21 Å². The van der Waals surface area contributed by atoms with Crippen molar-refractivity contribution in [3.8, 4) is 11.5 Å². The van der Waals surface area contributed by atoms with Crippen molar-refractivity contribution in [1.29, 1.82) is 0 Å². The topological polar surface area (TPSA) is 69.2 Å². The summed E-state index contributed by atoms with van der Waals surface area (Å²) in [4.78, 5) is 16.8. The van der Waals surface area contributed by atoms with Gasteiger partial charge in [-0.15, -0.1) is 0 Å². The number of halogens is 1. The van der Waals surface area contributed by atoms with Crippen LogP contribution >= 0.6 is 11.6 Å². The van der Waals surface area contributed by atoms with Crippen molar-refractivity contribution in [2.75, 3.05) is 25.6 Å². The zero-order valence-corrected chi connectivity index (χ0v) is 14.7. The summed E-state index contributed by atoms with van der Waals surface area (Å²) in [7, 11) is 1.56. The van der Waals surface area contributed by atoms with Gasteiger partial charge in [-0.2, -0.15) is 0 Å². The normalized spacial score (nSPS) is 10.5. The molecule has 1 N–H and O–H groups in total. The van der Waals surface area contributed by atoms with Gasteiger partial charge in [-0.1, -0.05) is 28.9 Å². The van der Waals surface area contributed by atoms with E-state index in [9.17, 15) is 4.79 Å². The molecule has 2 aromatic rings. The molecule has 0 bridgehead atoms. The van der Waals surface area contributed by atoms with Gasteiger partial charge < -0.3 is 19.6 Å². The fourth-order valence-electron chi connectivity index (χ4n) is 1.98. The standard InChI is InChI=1S/C18H19ClN2O4/c1-3-24-16-9-8-13(10-17(16)23-2)11-20-25-12-18(22)21-15-7-5-4-6-14(15)19/h4-11H,3,12H2,1-2H3,(H,21,22)/b20-11-. The number of anilines is 1. The Kier molecular flexibility index (Phi) is 7.10. The van der Waals surface area contributed by atoms with Gasteiger partial charge in [0.25, 0.3) is 5.91 Å². The largest absolute Gasteiger partial charge is 0.493 e. The highest BCUT2D eigenvalue weighted by molar-refractivity contribution is 6.33. The molecule has 0 aliphatic heterocycles. The molecule has 1 amide bonds. The van der Waals surface area contributed by atoms with Crippen molar-refractivity contribution in [1.82, 2.24) is 0 Å². The van der Waals surface area contributed by atoms with Crippen LogP contribution in [0.5, 0.6) is 11.5 Å². The first-order chi connectivity index (χ1) is 12.1. The molecule has 2 aromatic carbocycles. The summed E-state index contributed by atoms with van der Waals surface area (Å²) in [5, 5.41) is 6.88. The molecule has 0 radical (unpaired) electrons. The number of ether oxygens (including phenoxy) is 2. The van der Waals surface area contributed by atoms with Crippen LogP contribution in [0, 0.1) is 0 Å². The lowest BCUT2D eigenvalue weighted by Gasteiger charge is -2.09. The number of amides is 1. The van der Waals surface area contributed by atoms with E-state index in [1.54, 1.807) is 43.5 Å². The van der Waals surface area contributed by atoms with E-state index in [0.29, 0.717) is 28.8 Å². The third kappa shape index (κ3) is 5.69. The number of para-hydroxylation sites is 1. The Labute approximate surface area is 151 Å². The second-order valence-corrected chi connectivity index (χ2v) is 5.29. The average molecular weight is 363 g/mol. The fourth-order valence-corrected chi connectivity index (χ4v) is 2.17. The molecule has 25 heavy (non-hydrogen) atoms. The van der Waals surface area contributed by atoms with Gasteiger partial charge in [0.05, 0.1) is 30.6 Å². The van der Waals surface area contributed by atoms with Crippen LogP contribution in [0.15, 0.2) is 47.6 Å². The molecule has 0 heterocycles. The van der Waals surface area contributed by atoms with Crippen molar-refractivity contribution in [2.24, 2.45) is 5.16 Å². The molecule has 0 saturated heterocycles. The minimum atomic E-state index is -0.352. The first kappa shape index (κ1) is 18.6. The number of hydrogen-bond acceptors (Lipinski definition) is 5. The maximum atomic E-state index is 11.8. The van der Waals surface area contributed by atoms with Crippen molar-refractivity contribution >= 4 is 29.4 Å². The first-order valence-corrected chi connectivity index (χ1v) is 8.02. The zero-order chi connectivity index (χ0) is 18.1. The number of hydrogen-bond donors (Lipinski definition) is 1. The van der Waals surface area contributed by atoms with Crippen molar-refractivity contribution < 1.29 is 19.1 Å². The highest BCUT2D eigenvalue weighted by Gasteiger charge is 2.06. The minimum Gasteiger partial charge on any atom is -0.493 e. The lowest BCUT2D eigenvalue weighted by atomic mass is 10.2. The highest BCUT2D eigenvalue weighted by atomic mass is 35.5. The molecular weight excluding hydrogens is 344 g/mol. The smallest absolute Gasteiger partial charge is 0.265 e. The summed E-state index contributed by atoms with van der Waals surface area (Å²) in [6.45, 7) is 2.22. The van der Waals surface area contributed by atoms with Crippen molar-refractivity contribution in [3.63, 3.8) is 0 Å². The SMILES string of the molecule is CCOc1ccc(/C=N\OCC(=O)Nc2ccccc2Cl)cc1OC. The Bertz CT molecular complexity index is 750. The van der Waals surface area contributed by atoms with E-state index in [1.807, 2.05) is 13.0 Å². The monoisotopic (exact) mass is 362 g/mol. The summed E-state index contributed by atoms with van der Waals surface area (Å²) in [6.07, 6.45) is 1.49. The Morgan fingerprint density at radius 3 is 2.76 bits per heavy atom. The summed E-state index contributed by atoms with van der Waals surface area (Å²) >= 11 is 5.97. The number of methoxy groups -OCH3 is 1. The molecule has 0 aliphatic carbocycles. The number of carbonyl (C=O) groups excluding carboxylic acids is 1. The molecule has 0 aromatic heterocycles. The third-order valence-electron chi connectivity index (χ3n) is 3.11. The van der Waals surface area contributed by atoms with Gasteiger partial charge in [0.2, 0.25) is 0 Å². The van der Waals surface area contributed by atoms with E-state index < -0.39 is 0 Å². The lowest BCUT2D eigenvalue weighted by molar-refractivity contribution is -0.120.